The van der Waals surface area contributed by atoms with E-state index in [1.165, 1.54) is 0 Å². The van der Waals surface area contributed by atoms with Gasteiger partial charge in [0.1, 0.15) is 6.10 Å². The van der Waals surface area contributed by atoms with Crippen molar-refractivity contribution in [2.45, 2.75) is 12.4 Å². The zero-order valence-corrected chi connectivity index (χ0v) is 3.13. The molecule has 0 saturated carbocycles. The Bertz CT molecular complexity index is 52.0. The fraction of sp³-hybridized carbons (Fsp3) is 1.00. The summed E-state index contributed by atoms with van der Waals surface area (Å²) in [5, 5.41) is 17.9. The number of rotatable bonds is 1. The van der Waals surface area contributed by atoms with Crippen molar-refractivity contribution in [1.82, 2.24) is 0 Å². The standard InChI is InChI=1S/C3H5O3/c4-1-2-3(5)6-2/h2-4H,1H2. The Balaban J connectivity index is 2.09. The number of aliphatic hydroxyl groups is 1. The van der Waals surface area contributed by atoms with Crippen molar-refractivity contribution in [3.63, 3.8) is 0 Å². The van der Waals surface area contributed by atoms with Crippen LogP contribution in [0.5, 0.6) is 0 Å². The molecule has 1 heterocycles. The van der Waals surface area contributed by atoms with Crippen LogP contribution in [0, 0.1) is 0 Å². The number of hydrogen-bond donors (Lipinski definition) is 1. The number of aliphatic hydroxyl groups excluding tert-OH is 1. The molecule has 35 valence electrons. The molecule has 1 N–H and O–H groups in total. The third-order valence-corrected chi connectivity index (χ3v) is 0.716. The Kier molecular flexibility index (Phi) is 0.799. The summed E-state index contributed by atoms with van der Waals surface area (Å²) in [5.41, 5.74) is 0. The van der Waals surface area contributed by atoms with E-state index in [9.17, 15) is 5.11 Å². The van der Waals surface area contributed by atoms with Crippen molar-refractivity contribution in [2.75, 3.05) is 6.61 Å². The third-order valence-electron chi connectivity index (χ3n) is 0.716. The predicted molar refractivity (Wildman–Crippen MR) is 16.4 cm³/mol. The van der Waals surface area contributed by atoms with Gasteiger partial charge in [-0.1, -0.05) is 0 Å². The van der Waals surface area contributed by atoms with Crippen LogP contribution in [-0.2, 0) is 9.84 Å². The molecule has 0 bridgehead atoms. The quantitative estimate of drug-likeness (QED) is 0.425. The first kappa shape index (κ1) is 4.05. The topological polar surface area (TPSA) is 52.7 Å². The summed E-state index contributed by atoms with van der Waals surface area (Å²) in [6, 6.07) is 0. The largest absolute Gasteiger partial charge is 0.393 e. The van der Waals surface area contributed by atoms with E-state index >= 15 is 0 Å². The SMILES string of the molecule is [O]C1OC1CO. The van der Waals surface area contributed by atoms with Gasteiger partial charge in [0.25, 0.3) is 0 Å². The van der Waals surface area contributed by atoms with Crippen molar-refractivity contribution >= 4 is 0 Å². The first-order valence-electron chi connectivity index (χ1n) is 1.76. The Morgan fingerprint density at radius 2 is 2.33 bits per heavy atom. The van der Waals surface area contributed by atoms with Gasteiger partial charge in [0.15, 0.2) is 0 Å². The fourth-order valence-corrected chi connectivity index (χ4v) is 0.256. The van der Waals surface area contributed by atoms with Gasteiger partial charge in [0.2, 0.25) is 6.29 Å². The Hall–Kier alpha value is -0.120. The minimum atomic E-state index is -0.935. The van der Waals surface area contributed by atoms with Crippen LogP contribution >= 0.6 is 0 Å². The van der Waals surface area contributed by atoms with Crippen LogP contribution in [0.4, 0.5) is 0 Å². The molecule has 0 aromatic heterocycles. The van der Waals surface area contributed by atoms with E-state index < -0.39 is 12.4 Å². The van der Waals surface area contributed by atoms with Crippen molar-refractivity contribution in [2.24, 2.45) is 0 Å². The molecule has 2 atom stereocenters. The lowest BCUT2D eigenvalue weighted by molar-refractivity contribution is 0.0822. The van der Waals surface area contributed by atoms with Crippen LogP contribution in [0.2, 0.25) is 0 Å². The Morgan fingerprint density at radius 3 is 2.33 bits per heavy atom. The maximum Gasteiger partial charge on any atom is 0.220 e. The molecule has 1 aliphatic rings. The van der Waals surface area contributed by atoms with E-state index in [1.807, 2.05) is 0 Å². The molecule has 0 aromatic carbocycles. The summed E-state index contributed by atoms with van der Waals surface area (Å²) < 4.78 is 4.26. The van der Waals surface area contributed by atoms with Gasteiger partial charge in [-0.05, 0) is 0 Å². The summed E-state index contributed by atoms with van der Waals surface area (Å²) in [4.78, 5) is 0. The van der Waals surface area contributed by atoms with Gasteiger partial charge in [-0.2, -0.15) is 5.11 Å². The highest BCUT2D eigenvalue weighted by atomic mass is 16.7. The lowest BCUT2D eigenvalue weighted by Gasteiger charge is -1.71. The highest BCUT2D eigenvalue weighted by Gasteiger charge is 2.37. The molecule has 6 heavy (non-hydrogen) atoms. The first-order valence-corrected chi connectivity index (χ1v) is 1.76. The van der Waals surface area contributed by atoms with Crippen molar-refractivity contribution in [1.29, 1.82) is 0 Å². The van der Waals surface area contributed by atoms with Crippen LogP contribution in [0.15, 0.2) is 0 Å². The maximum absolute atomic E-state index is 9.82. The zero-order valence-electron chi connectivity index (χ0n) is 3.13. The maximum atomic E-state index is 9.82. The molecular weight excluding hydrogens is 84.0 g/mol. The summed E-state index contributed by atoms with van der Waals surface area (Å²) in [6.07, 6.45) is -1.33. The van der Waals surface area contributed by atoms with Gasteiger partial charge in [0, 0.05) is 0 Å². The number of ether oxygens (including phenoxy) is 1. The molecule has 1 rings (SSSR count). The van der Waals surface area contributed by atoms with E-state index in [1.54, 1.807) is 0 Å². The second-order valence-electron chi connectivity index (χ2n) is 1.23. The predicted octanol–water partition coefficient (Wildman–Crippen LogP) is -0.866. The van der Waals surface area contributed by atoms with Gasteiger partial charge in [0.05, 0.1) is 6.61 Å². The van der Waals surface area contributed by atoms with Gasteiger partial charge < -0.3 is 9.84 Å². The highest BCUT2D eigenvalue weighted by molar-refractivity contribution is 4.71. The van der Waals surface area contributed by atoms with Gasteiger partial charge in [-0.15, -0.1) is 0 Å². The van der Waals surface area contributed by atoms with Crippen LogP contribution in [0.3, 0.4) is 0 Å². The Morgan fingerprint density at radius 1 is 1.83 bits per heavy atom. The molecule has 0 amide bonds. The average molecular weight is 89.1 g/mol. The van der Waals surface area contributed by atoms with E-state index in [4.69, 9.17) is 5.11 Å². The fourth-order valence-electron chi connectivity index (χ4n) is 0.256. The van der Waals surface area contributed by atoms with E-state index in [-0.39, 0.29) is 6.61 Å². The van der Waals surface area contributed by atoms with Gasteiger partial charge in [-0.3, -0.25) is 0 Å². The van der Waals surface area contributed by atoms with Crippen LogP contribution in [0.1, 0.15) is 0 Å². The average Bonchev–Trinajstić information content (AvgIpc) is 2.19. The molecule has 3 nitrogen and oxygen atoms in total. The molecule has 1 saturated heterocycles. The summed E-state index contributed by atoms with van der Waals surface area (Å²) in [5.74, 6) is 0. The van der Waals surface area contributed by atoms with Crippen molar-refractivity contribution in [3.8, 4) is 0 Å². The lowest BCUT2D eigenvalue weighted by atomic mass is 10.5. The Labute approximate surface area is 35.2 Å². The van der Waals surface area contributed by atoms with Gasteiger partial charge in [-0.25, -0.2) is 0 Å². The van der Waals surface area contributed by atoms with E-state index in [0.29, 0.717) is 0 Å². The monoisotopic (exact) mass is 89.0 g/mol. The van der Waals surface area contributed by atoms with Gasteiger partial charge >= 0.3 is 0 Å². The van der Waals surface area contributed by atoms with Crippen LogP contribution in [-0.4, -0.2) is 24.1 Å². The minimum Gasteiger partial charge on any atom is -0.393 e. The van der Waals surface area contributed by atoms with Crippen LogP contribution in [0.25, 0.3) is 0 Å². The molecule has 0 aliphatic carbocycles. The molecule has 0 aromatic rings. The summed E-state index contributed by atoms with van der Waals surface area (Å²) in [6.45, 7) is -0.131. The third kappa shape index (κ3) is 0.518. The number of epoxide rings is 1. The molecule has 2 unspecified atom stereocenters. The molecule has 1 radical (unpaired) electrons. The van der Waals surface area contributed by atoms with Crippen LogP contribution < -0.4 is 0 Å². The molecule has 1 fully saturated rings. The minimum absolute atomic E-state index is 0.131. The molecular formula is C3H5O3. The molecule has 1 aliphatic heterocycles. The van der Waals surface area contributed by atoms with E-state index in [0.717, 1.165) is 0 Å². The van der Waals surface area contributed by atoms with Crippen molar-refractivity contribution in [3.05, 3.63) is 0 Å². The first-order chi connectivity index (χ1) is 2.84. The smallest absolute Gasteiger partial charge is 0.220 e. The zero-order chi connectivity index (χ0) is 4.57. The molecule has 0 spiro atoms. The lowest BCUT2D eigenvalue weighted by Crippen LogP contribution is -1.95. The number of hydrogen-bond acceptors (Lipinski definition) is 2. The molecule has 3 heteroatoms. The second-order valence-corrected chi connectivity index (χ2v) is 1.23. The normalized spacial score (nSPS) is 43.0. The van der Waals surface area contributed by atoms with E-state index in [2.05, 4.69) is 4.74 Å². The summed E-state index contributed by atoms with van der Waals surface area (Å²) in [7, 11) is 0. The second kappa shape index (κ2) is 1.18. The van der Waals surface area contributed by atoms with Crippen molar-refractivity contribution < 1.29 is 14.9 Å². The highest BCUT2D eigenvalue weighted by Crippen LogP contribution is 2.17. The summed E-state index contributed by atoms with van der Waals surface area (Å²) >= 11 is 0.